The predicted octanol–water partition coefficient (Wildman–Crippen LogP) is 3.01. The second-order valence-corrected chi connectivity index (χ2v) is 5.69. The van der Waals surface area contributed by atoms with Gasteiger partial charge in [0.2, 0.25) is 11.8 Å². The Hall–Kier alpha value is -2.93. The number of imidazole rings is 1. The minimum atomic E-state index is -0.234. The van der Waals surface area contributed by atoms with Crippen LogP contribution in [0.2, 0.25) is 0 Å². The van der Waals surface area contributed by atoms with E-state index in [0.717, 1.165) is 10.7 Å². The standard InChI is InChI=1S/C16H14N4O2S/c1-11(21)18-12-2-4-13(5-3-12)19-15(22)7-6-14-10-17-16-20(14)8-9-23-16/h2-10H,1H3,(H,18,21)(H,19,22)/b7-6+. The van der Waals surface area contributed by atoms with Crippen molar-refractivity contribution >= 4 is 45.6 Å². The molecule has 2 amide bonds. The molecule has 3 rings (SSSR count). The fourth-order valence-electron chi connectivity index (χ4n) is 2.05. The first-order valence-corrected chi connectivity index (χ1v) is 7.77. The van der Waals surface area contributed by atoms with Crippen molar-refractivity contribution in [2.45, 2.75) is 6.92 Å². The lowest BCUT2D eigenvalue weighted by Crippen LogP contribution is -2.08. The lowest BCUT2D eigenvalue weighted by molar-refractivity contribution is -0.114. The number of nitrogens with one attached hydrogen (secondary N) is 2. The third-order valence-corrected chi connectivity index (χ3v) is 3.82. The molecule has 0 atom stereocenters. The summed E-state index contributed by atoms with van der Waals surface area (Å²) in [5.41, 5.74) is 2.19. The van der Waals surface area contributed by atoms with Gasteiger partial charge in [-0.2, -0.15) is 0 Å². The van der Waals surface area contributed by atoms with Gasteiger partial charge in [0, 0.05) is 36.0 Å². The summed E-state index contributed by atoms with van der Waals surface area (Å²) in [6, 6.07) is 6.92. The number of aromatic nitrogens is 2. The Balaban J connectivity index is 1.64. The van der Waals surface area contributed by atoms with Crippen LogP contribution in [0.3, 0.4) is 0 Å². The first kappa shape index (κ1) is 15.0. The Morgan fingerprint density at radius 3 is 2.57 bits per heavy atom. The number of hydrogen-bond acceptors (Lipinski definition) is 4. The van der Waals surface area contributed by atoms with Crippen LogP contribution in [0.25, 0.3) is 11.0 Å². The van der Waals surface area contributed by atoms with E-state index in [1.54, 1.807) is 36.5 Å². The van der Waals surface area contributed by atoms with Gasteiger partial charge in [-0.3, -0.25) is 14.0 Å². The van der Waals surface area contributed by atoms with Crippen molar-refractivity contribution < 1.29 is 9.59 Å². The lowest BCUT2D eigenvalue weighted by Gasteiger charge is -2.05. The van der Waals surface area contributed by atoms with E-state index in [-0.39, 0.29) is 11.8 Å². The number of hydrogen-bond donors (Lipinski definition) is 2. The Labute approximate surface area is 136 Å². The largest absolute Gasteiger partial charge is 0.326 e. The quantitative estimate of drug-likeness (QED) is 0.724. The smallest absolute Gasteiger partial charge is 0.248 e. The van der Waals surface area contributed by atoms with Gasteiger partial charge in [0.05, 0.1) is 11.9 Å². The van der Waals surface area contributed by atoms with Gasteiger partial charge in [-0.25, -0.2) is 4.98 Å². The number of benzene rings is 1. The average Bonchev–Trinajstić information content (AvgIpc) is 3.10. The summed E-state index contributed by atoms with van der Waals surface area (Å²) in [4.78, 5) is 28.0. The van der Waals surface area contributed by atoms with Gasteiger partial charge in [-0.05, 0) is 30.3 Å². The summed E-state index contributed by atoms with van der Waals surface area (Å²) in [5.74, 6) is -0.368. The van der Waals surface area contributed by atoms with Gasteiger partial charge < -0.3 is 10.6 Å². The second kappa shape index (κ2) is 6.45. The van der Waals surface area contributed by atoms with Gasteiger partial charge in [0.25, 0.3) is 0 Å². The third-order valence-electron chi connectivity index (χ3n) is 3.05. The number of thiazole rings is 1. The Morgan fingerprint density at radius 1 is 1.17 bits per heavy atom. The van der Waals surface area contributed by atoms with Gasteiger partial charge in [0.1, 0.15) is 0 Å². The molecule has 0 radical (unpaired) electrons. The second-order valence-electron chi connectivity index (χ2n) is 4.82. The minimum absolute atomic E-state index is 0.134. The molecular weight excluding hydrogens is 312 g/mol. The molecule has 0 fully saturated rings. The van der Waals surface area contributed by atoms with Crippen LogP contribution in [-0.4, -0.2) is 21.2 Å². The van der Waals surface area contributed by atoms with Crippen LogP contribution in [-0.2, 0) is 9.59 Å². The lowest BCUT2D eigenvalue weighted by atomic mass is 10.2. The maximum Gasteiger partial charge on any atom is 0.248 e. The number of nitrogens with zero attached hydrogens (tertiary/aromatic N) is 2. The first-order valence-electron chi connectivity index (χ1n) is 6.89. The summed E-state index contributed by atoms with van der Waals surface area (Å²) in [6.45, 7) is 1.45. The van der Waals surface area contributed by atoms with E-state index in [0.29, 0.717) is 11.4 Å². The van der Waals surface area contributed by atoms with E-state index in [9.17, 15) is 9.59 Å². The van der Waals surface area contributed by atoms with Gasteiger partial charge in [0.15, 0.2) is 4.96 Å². The van der Waals surface area contributed by atoms with Crippen molar-refractivity contribution in [3.05, 3.63) is 53.8 Å². The molecule has 0 aliphatic rings. The van der Waals surface area contributed by atoms with Crippen molar-refractivity contribution in [1.29, 1.82) is 0 Å². The number of amides is 2. The Morgan fingerprint density at radius 2 is 1.87 bits per heavy atom. The molecule has 0 aliphatic heterocycles. The fraction of sp³-hybridized carbons (Fsp3) is 0.0625. The summed E-state index contributed by atoms with van der Waals surface area (Å²) in [7, 11) is 0. The zero-order valence-electron chi connectivity index (χ0n) is 12.3. The topological polar surface area (TPSA) is 75.5 Å². The van der Waals surface area contributed by atoms with Crippen LogP contribution in [0.4, 0.5) is 11.4 Å². The highest BCUT2D eigenvalue weighted by atomic mass is 32.1. The molecule has 0 aliphatic carbocycles. The van der Waals surface area contributed by atoms with Gasteiger partial charge in [-0.15, -0.1) is 11.3 Å². The van der Waals surface area contributed by atoms with Gasteiger partial charge in [-0.1, -0.05) is 0 Å². The van der Waals surface area contributed by atoms with Crippen molar-refractivity contribution in [2.75, 3.05) is 10.6 Å². The van der Waals surface area contributed by atoms with Crippen LogP contribution >= 0.6 is 11.3 Å². The van der Waals surface area contributed by atoms with Crippen LogP contribution < -0.4 is 10.6 Å². The molecule has 23 heavy (non-hydrogen) atoms. The third kappa shape index (κ3) is 3.64. The van der Waals surface area contributed by atoms with E-state index < -0.39 is 0 Å². The van der Waals surface area contributed by atoms with Crippen molar-refractivity contribution in [2.24, 2.45) is 0 Å². The van der Waals surface area contributed by atoms with E-state index in [1.165, 1.54) is 24.3 Å². The summed E-state index contributed by atoms with van der Waals surface area (Å²) >= 11 is 1.54. The summed E-state index contributed by atoms with van der Waals surface area (Å²) in [6.07, 6.45) is 6.81. The Bertz CT molecular complexity index is 877. The number of carbonyl (C=O) groups excluding carboxylic acids is 2. The molecule has 0 saturated heterocycles. The molecule has 1 aromatic carbocycles. The molecule has 6 nitrogen and oxygen atoms in total. The van der Waals surface area contributed by atoms with E-state index in [2.05, 4.69) is 15.6 Å². The normalized spacial score (nSPS) is 11.0. The van der Waals surface area contributed by atoms with Crippen molar-refractivity contribution in [1.82, 2.24) is 9.38 Å². The summed E-state index contributed by atoms with van der Waals surface area (Å²) < 4.78 is 1.91. The maximum atomic E-state index is 11.9. The molecular formula is C16H14N4O2S. The van der Waals surface area contributed by atoms with Crippen LogP contribution in [0.5, 0.6) is 0 Å². The average molecular weight is 326 g/mol. The highest BCUT2D eigenvalue weighted by Crippen LogP contribution is 2.15. The molecule has 116 valence electrons. The van der Waals surface area contributed by atoms with Crippen LogP contribution in [0, 0.1) is 0 Å². The molecule has 0 unspecified atom stereocenters. The predicted molar refractivity (Wildman–Crippen MR) is 91.5 cm³/mol. The number of carbonyl (C=O) groups is 2. The van der Waals surface area contributed by atoms with Gasteiger partial charge >= 0.3 is 0 Å². The van der Waals surface area contributed by atoms with Crippen molar-refractivity contribution in [3.8, 4) is 0 Å². The monoisotopic (exact) mass is 326 g/mol. The molecule has 7 heteroatoms. The van der Waals surface area contributed by atoms with E-state index in [1.807, 2.05) is 16.0 Å². The molecule has 2 heterocycles. The molecule has 2 N–H and O–H groups in total. The SMILES string of the molecule is CC(=O)Nc1ccc(NC(=O)/C=C/c2cnc3sccn23)cc1. The van der Waals surface area contributed by atoms with E-state index in [4.69, 9.17) is 0 Å². The molecule has 0 bridgehead atoms. The number of rotatable bonds is 4. The maximum absolute atomic E-state index is 11.9. The molecule has 0 spiro atoms. The zero-order valence-corrected chi connectivity index (χ0v) is 13.1. The summed E-state index contributed by atoms with van der Waals surface area (Å²) in [5, 5.41) is 7.37. The van der Waals surface area contributed by atoms with Crippen LogP contribution in [0.1, 0.15) is 12.6 Å². The van der Waals surface area contributed by atoms with E-state index >= 15 is 0 Å². The molecule has 3 aromatic rings. The number of fused-ring (bicyclic) bond motifs is 1. The zero-order chi connectivity index (χ0) is 16.2. The molecule has 0 saturated carbocycles. The first-order chi connectivity index (χ1) is 11.1. The van der Waals surface area contributed by atoms with Crippen molar-refractivity contribution in [3.63, 3.8) is 0 Å². The van der Waals surface area contributed by atoms with Crippen LogP contribution in [0.15, 0.2) is 48.1 Å². The highest BCUT2D eigenvalue weighted by molar-refractivity contribution is 7.15. The molecule has 2 aromatic heterocycles. The fourth-order valence-corrected chi connectivity index (χ4v) is 2.75. The number of anilines is 2. The minimum Gasteiger partial charge on any atom is -0.326 e. The highest BCUT2D eigenvalue weighted by Gasteiger charge is 2.02. The Kier molecular flexibility index (Phi) is 4.20.